The van der Waals surface area contributed by atoms with Gasteiger partial charge in [0.15, 0.2) is 5.65 Å². The van der Waals surface area contributed by atoms with Gasteiger partial charge in [0.1, 0.15) is 5.75 Å². The van der Waals surface area contributed by atoms with E-state index >= 15 is 0 Å². The molecule has 0 bridgehead atoms. The summed E-state index contributed by atoms with van der Waals surface area (Å²) >= 11 is 0. The summed E-state index contributed by atoms with van der Waals surface area (Å²) in [5.74, 6) is 0.738. The first-order valence-corrected chi connectivity index (χ1v) is 12.9. The van der Waals surface area contributed by atoms with Crippen molar-refractivity contribution in [3.63, 3.8) is 0 Å². The molecule has 1 atom stereocenters. The van der Waals surface area contributed by atoms with Crippen LogP contribution in [0.1, 0.15) is 74.3 Å². The highest BCUT2D eigenvalue weighted by molar-refractivity contribution is 6.06. The van der Waals surface area contributed by atoms with Gasteiger partial charge in [0.05, 0.1) is 35.0 Å². The molecule has 1 unspecified atom stereocenters. The summed E-state index contributed by atoms with van der Waals surface area (Å²) in [5, 5.41) is 12.1. The molecular weight excluding hydrogens is 442 g/mol. The average molecular weight is 478 g/mol. The zero-order chi connectivity index (χ0) is 24.2. The Labute approximate surface area is 206 Å². The molecule has 5 rings (SSSR count). The normalized spacial score (nSPS) is 18.0. The summed E-state index contributed by atoms with van der Waals surface area (Å²) in [7, 11) is 0. The molecule has 0 spiro atoms. The Bertz CT molecular complexity index is 1150. The summed E-state index contributed by atoms with van der Waals surface area (Å²) < 4.78 is 13.4. The zero-order valence-corrected chi connectivity index (χ0v) is 20.6. The van der Waals surface area contributed by atoms with Crippen LogP contribution >= 0.6 is 0 Å². The van der Waals surface area contributed by atoms with E-state index in [-0.39, 0.29) is 18.0 Å². The van der Waals surface area contributed by atoms with Crippen molar-refractivity contribution in [3.8, 4) is 5.75 Å². The molecule has 2 aromatic heterocycles. The molecule has 1 amide bonds. The van der Waals surface area contributed by atoms with Crippen LogP contribution in [0.3, 0.4) is 0 Å². The van der Waals surface area contributed by atoms with Crippen molar-refractivity contribution in [1.82, 2.24) is 20.1 Å². The van der Waals surface area contributed by atoms with Gasteiger partial charge in [-0.25, -0.2) is 9.67 Å². The van der Waals surface area contributed by atoms with Crippen molar-refractivity contribution in [3.05, 3.63) is 47.8 Å². The lowest BCUT2D eigenvalue weighted by molar-refractivity contribution is 0.0903. The van der Waals surface area contributed by atoms with E-state index < -0.39 is 0 Å². The number of nitrogens with zero attached hydrogens (tertiary/aromatic N) is 3. The first kappa shape index (κ1) is 23.6. The topological polar surface area (TPSA) is 90.3 Å². The molecule has 1 aliphatic carbocycles. The summed E-state index contributed by atoms with van der Waals surface area (Å²) in [6.07, 6.45) is 10.4. The minimum Gasteiger partial charge on any atom is -0.490 e. The Morgan fingerprint density at radius 2 is 1.89 bits per heavy atom. The molecule has 1 saturated heterocycles. The maximum atomic E-state index is 13.4. The van der Waals surface area contributed by atoms with E-state index in [1.807, 2.05) is 42.8 Å². The molecule has 0 radical (unpaired) electrons. The molecule has 186 valence electrons. The lowest BCUT2D eigenvalue weighted by Crippen LogP contribution is -2.31. The van der Waals surface area contributed by atoms with E-state index in [0.29, 0.717) is 11.7 Å². The number of carbonyl (C=O) groups is 1. The van der Waals surface area contributed by atoms with Gasteiger partial charge in [-0.15, -0.1) is 0 Å². The highest BCUT2D eigenvalue weighted by atomic mass is 16.5. The molecule has 35 heavy (non-hydrogen) atoms. The van der Waals surface area contributed by atoms with Crippen LogP contribution < -0.4 is 15.4 Å². The van der Waals surface area contributed by atoms with E-state index in [1.54, 1.807) is 12.4 Å². The maximum Gasteiger partial charge on any atom is 0.255 e. The van der Waals surface area contributed by atoms with Gasteiger partial charge in [0.25, 0.3) is 5.91 Å². The average Bonchev–Trinajstić information content (AvgIpc) is 3.55. The number of aromatic nitrogens is 3. The Morgan fingerprint density at radius 3 is 2.60 bits per heavy atom. The number of hydrogen-bond donors (Lipinski definition) is 2. The zero-order valence-electron chi connectivity index (χ0n) is 20.6. The van der Waals surface area contributed by atoms with Gasteiger partial charge in [0, 0.05) is 32.0 Å². The quantitative estimate of drug-likeness (QED) is 0.482. The van der Waals surface area contributed by atoms with Crippen molar-refractivity contribution in [1.29, 1.82) is 0 Å². The third-order valence-electron chi connectivity index (χ3n) is 7.11. The maximum absolute atomic E-state index is 13.4. The van der Waals surface area contributed by atoms with Gasteiger partial charge in [-0.1, -0.05) is 12.1 Å². The molecule has 8 nitrogen and oxygen atoms in total. The van der Waals surface area contributed by atoms with Crippen molar-refractivity contribution in [2.45, 2.75) is 77.1 Å². The predicted octanol–water partition coefficient (Wildman–Crippen LogP) is 4.85. The minimum absolute atomic E-state index is 0.156. The van der Waals surface area contributed by atoms with Gasteiger partial charge < -0.3 is 20.1 Å². The summed E-state index contributed by atoms with van der Waals surface area (Å²) in [4.78, 5) is 18.0. The van der Waals surface area contributed by atoms with Gasteiger partial charge in [0.2, 0.25) is 0 Å². The second-order valence-corrected chi connectivity index (χ2v) is 9.56. The second-order valence-electron chi connectivity index (χ2n) is 9.56. The number of carbonyl (C=O) groups excluding carboxylic acids is 1. The number of ether oxygens (including phenoxy) is 2. The van der Waals surface area contributed by atoms with Crippen LogP contribution in [0.15, 0.2) is 36.7 Å². The molecule has 3 heterocycles. The van der Waals surface area contributed by atoms with Crippen molar-refractivity contribution in [2.24, 2.45) is 0 Å². The number of nitrogens with one attached hydrogen (secondary N) is 2. The van der Waals surface area contributed by atoms with Crippen LogP contribution in [0.4, 0.5) is 5.69 Å². The minimum atomic E-state index is -0.159. The molecule has 3 aromatic rings. The van der Waals surface area contributed by atoms with Gasteiger partial charge >= 0.3 is 0 Å². The third-order valence-corrected chi connectivity index (χ3v) is 7.11. The molecule has 2 fully saturated rings. The standard InChI is InChI=1S/C27H35N5O3/c1-3-32-26-23(17-29-32)25(31-20-12-14-34-15-13-20)24(16-28-26)27(33)30-18(2)19-8-10-22(11-9-19)35-21-6-4-5-7-21/h8-11,16-18,20-21H,3-7,12-15H2,1-2H3,(H,28,31)(H,30,33). The Kier molecular flexibility index (Phi) is 7.18. The van der Waals surface area contributed by atoms with E-state index in [0.717, 1.165) is 73.5 Å². The lowest BCUT2D eigenvalue weighted by atomic mass is 10.1. The molecule has 1 saturated carbocycles. The molecule has 8 heteroatoms. The third kappa shape index (κ3) is 5.27. The monoisotopic (exact) mass is 477 g/mol. The van der Waals surface area contributed by atoms with Crippen LogP contribution in [0.5, 0.6) is 5.75 Å². The number of amides is 1. The fourth-order valence-electron chi connectivity index (χ4n) is 5.02. The smallest absolute Gasteiger partial charge is 0.255 e. The van der Waals surface area contributed by atoms with Crippen LogP contribution in [0, 0.1) is 0 Å². The largest absolute Gasteiger partial charge is 0.490 e. The number of fused-ring (bicyclic) bond motifs is 1. The number of hydrogen-bond acceptors (Lipinski definition) is 6. The highest BCUT2D eigenvalue weighted by Crippen LogP contribution is 2.29. The van der Waals surface area contributed by atoms with E-state index in [4.69, 9.17) is 9.47 Å². The van der Waals surface area contributed by atoms with Crippen molar-refractivity contribution >= 4 is 22.6 Å². The van der Waals surface area contributed by atoms with E-state index in [2.05, 4.69) is 20.7 Å². The van der Waals surface area contributed by atoms with Gasteiger partial charge in [-0.2, -0.15) is 5.10 Å². The van der Waals surface area contributed by atoms with Crippen molar-refractivity contribution in [2.75, 3.05) is 18.5 Å². The molecule has 2 aliphatic rings. The van der Waals surface area contributed by atoms with Gasteiger partial charge in [-0.3, -0.25) is 4.79 Å². The molecule has 1 aliphatic heterocycles. The van der Waals surface area contributed by atoms with E-state index in [9.17, 15) is 4.79 Å². The highest BCUT2D eigenvalue weighted by Gasteiger charge is 2.23. The Morgan fingerprint density at radius 1 is 1.14 bits per heavy atom. The Balaban J connectivity index is 1.34. The first-order chi connectivity index (χ1) is 17.1. The first-order valence-electron chi connectivity index (χ1n) is 12.9. The molecule has 1 aromatic carbocycles. The summed E-state index contributed by atoms with van der Waals surface area (Å²) in [6.45, 7) is 6.19. The number of anilines is 1. The summed E-state index contributed by atoms with van der Waals surface area (Å²) in [6, 6.07) is 8.15. The Hall–Kier alpha value is -3.13. The van der Waals surface area contributed by atoms with Crippen LogP contribution in [0.25, 0.3) is 11.0 Å². The fraction of sp³-hybridized carbons (Fsp3) is 0.519. The van der Waals surface area contributed by atoms with Gasteiger partial charge in [-0.05, 0) is 70.1 Å². The number of aryl methyl sites for hydroxylation is 1. The summed E-state index contributed by atoms with van der Waals surface area (Å²) in [5.41, 5.74) is 3.15. The van der Waals surface area contributed by atoms with E-state index in [1.165, 1.54) is 12.8 Å². The van der Waals surface area contributed by atoms with Crippen LogP contribution in [-0.2, 0) is 11.3 Å². The predicted molar refractivity (Wildman–Crippen MR) is 136 cm³/mol. The fourth-order valence-corrected chi connectivity index (χ4v) is 5.02. The lowest BCUT2D eigenvalue weighted by Gasteiger charge is -2.26. The van der Waals surface area contributed by atoms with Crippen LogP contribution in [0.2, 0.25) is 0 Å². The number of pyridine rings is 1. The SMILES string of the molecule is CCn1ncc2c(NC3CCOCC3)c(C(=O)NC(C)c3ccc(OC4CCCC4)cc3)cnc21. The molecular formula is C27H35N5O3. The van der Waals surface area contributed by atoms with Crippen LogP contribution in [-0.4, -0.2) is 46.0 Å². The second kappa shape index (κ2) is 10.6. The molecule has 2 N–H and O–H groups in total. The number of rotatable bonds is 8. The number of benzene rings is 1. The van der Waals surface area contributed by atoms with Crippen molar-refractivity contribution < 1.29 is 14.3 Å².